The number of rotatable bonds is 3. The summed E-state index contributed by atoms with van der Waals surface area (Å²) in [6.07, 6.45) is 6.87. The van der Waals surface area contributed by atoms with Gasteiger partial charge in [-0.15, -0.1) is 0 Å². The second-order valence-corrected chi connectivity index (χ2v) is 6.28. The number of nitrogens with one attached hydrogen (secondary N) is 1. The maximum atomic E-state index is 12.9. The van der Waals surface area contributed by atoms with Crippen LogP contribution in [0.4, 0.5) is 0 Å². The molecule has 0 atom stereocenters. The first-order valence-electron chi connectivity index (χ1n) is 8.28. The van der Waals surface area contributed by atoms with Gasteiger partial charge in [-0.3, -0.25) is 9.48 Å². The number of benzene rings is 1. The molecule has 0 aliphatic carbocycles. The lowest BCUT2D eigenvalue weighted by Crippen LogP contribution is -2.35. The van der Waals surface area contributed by atoms with Gasteiger partial charge in [0.25, 0.3) is 5.91 Å². The van der Waals surface area contributed by atoms with Gasteiger partial charge in [-0.2, -0.15) is 5.10 Å². The van der Waals surface area contributed by atoms with Crippen molar-refractivity contribution in [2.75, 3.05) is 20.2 Å². The summed E-state index contributed by atoms with van der Waals surface area (Å²) in [6, 6.07) is 7.66. The summed E-state index contributed by atoms with van der Waals surface area (Å²) in [5.74, 6) is 0.790. The summed E-state index contributed by atoms with van der Waals surface area (Å²) in [5.41, 5.74) is 3.73. The van der Waals surface area contributed by atoms with Crippen LogP contribution in [-0.2, 0) is 7.05 Å². The van der Waals surface area contributed by atoms with E-state index in [-0.39, 0.29) is 5.91 Å². The lowest BCUT2D eigenvalue weighted by Gasteiger charge is -2.26. The number of ether oxygens (including phenoxy) is 1. The zero-order valence-electron chi connectivity index (χ0n) is 14.3. The number of aromatic amines is 1. The van der Waals surface area contributed by atoms with Gasteiger partial charge in [-0.05, 0) is 30.2 Å². The third kappa shape index (κ3) is 2.91. The van der Waals surface area contributed by atoms with Gasteiger partial charge in [-0.25, -0.2) is 0 Å². The summed E-state index contributed by atoms with van der Waals surface area (Å²) in [5, 5.41) is 5.22. The first-order chi connectivity index (χ1) is 12.1. The minimum absolute atomic E-state index is 0.0182. The lowest BCUT2D eigenvalue weighted by atomic mass is 10.0. The van der Waals surface area contributed by atoms with Crippen LogP contribution in [0.3, 0.4) is 0 Å². The number of hydrogen-bond acceptors (Lipinski definition) is 3. The van der Waals surface area contributed by atoms with E-state index in [1.165, 1.54) is 0 Å². The SMILES string of the molecule is COc1ccc2cc(C(=O)N3CCC=C(c4cnn(C)c4)C3)[nH]c2c1. The Kier molecular flexibility index (Phi) is 3.80. The van der Waals surface area contributed by atoms with E-state index in [4.69, 9.17) is 4.74 Å². The Morgan fingerprint density at radius 3 is 2.96 bits per heavy atom. The number of hydrogen-bond donors (Lipinski definition) is 1. The summed E-state index contributed by atoms with van der Waals surface area (Å²) in [7, 11) is 3.53. The van der Waals surface area contributed by atoms with Gasteiger partial charge >= 0.3 is 0 Å². The number of carbonyl (C=O) groups is 1. The number of methoxy groups -OCH3 is 1. The standard InChI is InChI=1S/C19H20N4O2/c1-22-11-15(10-20-22)14-4-3-7-23(12-14)19(24)18-8-13-5-6-16(25-2)9-17(13)21-18/h4-6,8-11,21H,3,7,12H2,1-2H3. The van der Waals surface area contributed by atoms with Gasteiger partial charge in [0, 0.05) is 48.9 Å². The van der Waals surface area contributed by atoms with Gasteiger partial charge in [0.15, 0.2) is 0 Å². The van der Waals surface area contributed by atoms with Crippen molar-refractivity contribution >= 4 is 22.4 Å². The minimum atomic E-state index is 0.0182. The van der Waals surface area contributed by atoms with Crippen molar-refractivity contribution < 1.29 is 9.53 Å². The number of H-pyrrole nitrogens is 1. The first-order valence-corrected chi connectivity index (χ1v) is 8.28. The van der Waals surface area contributed by atoms with Crippen LogP contribution < -0.4 is 4.74 Å². The van der Waals surface area contributed by atoms with E-state index < -0.39 is 0 Å². The molecule has 0 saturated heterocycles. The third-order valence-electron chi connectivity index (χ3n) is 4.57. The Balaban J connectivity index is 1.57. The van der Waals surface area contributed by atoms with E-state index in [1.54, 1.807) is 11.8 Å². The Bertz CT molecular complexity index is 967. The van der Waals surface area contributed by atoms with Crippen LogP contribution in [0.15, 0.2) is 42.7 Å². The van der Waals surface area contributed by atoms with Gasteiger partial charge in [0.2, 0.25) is 0 Å². The predicted octanol–water partition coefficient (Wildman–Crippen LogP) is 2.84. The first kappa shape index (κ1) is 15.5. The Morgan fingerprint density at radius 2 is 2.20 bits per heavy atom. The van der Waals surface area contributed by atoms with Crippen LogP contribution in [0.1, 0.15) is 22.5 Å². The largest absolute Gasteiger partial charge is 0.497 e. The zero-order valence-corrected chi connectivity index (χ0v) is 14.3. The lowest BCUT2D eigenvalue weighted by molar-refractivity contribution is 0.0770. The monoisotopic (exact) mass is 336 g/mol. The van der Waals surface area contributed by atoms with Gasteiger partial charge in [0.05, 0.1) is 13.3 Å². The number of aromatic nitrogens is 3. The normalized spacial score (nSPS) is 14.6. The van der Waals surface area contributed by atoms with E-state index in [2.05, 4.69) is 16.2 Å². The van der Waals surface area contributed by atoms with Crippen molar-refractivity contribution in [2.45, 2.75) is 6.42 Å². The average molecular weight is 336 g/mol. The number of amides is 1. The smallest absolute Gasteiger partial charge is 0.270 e. The van der Waals surface area contributed by atoms with Gasteiger partial charge in [0.1, 0.15) is 11.4 Å². The third-order valence-corrected chi connectivity index (χ3v) is 4.57. The molecular weight excluding hydrogens is 316 g/mol. The van der Waals surface area contributed by atoms with Crippen LogP contribution in [0.25, 0.3) is 16.5 Å². The molecule has 1 aliphatic rings. The topological polar surface area (TPSA) is 63.1 Å². The molecule has 0 fully saturated rings. The molecule has 0 saturated carbocycles. The molecule has 1 aliphatic heterocycles. The molecule has 3 heterocycles. The van der Waals surface area contributed by atoms with Gasteiger partial charge in [-0.1, -0.05) is 6.08 Å². The molecule has 0 unspecified atom stereocenters. The van der Waals surface area contributed by atoms with E-state index in [9.17, 15) is 4.79 Å². The highest BCUT2D eigenvalue weighted by Gasteiger charge is 2.22. The number of carbonyl (C=O) groups excluding carboxylic acids is 1. The minimum Gasteiger partial charge on any atom is -0.497 e. The van der Waals surface area contributed by atoms with E-state index in [0.29, 0.717) is 12.2 Å². The second-order valence-electron chi connectivity index (χ2n) is 6.28. The van der Waals surface area contributed by atoms with Gasteiger partial charge < -0.3 is 14.6 Å². The molecule has 1 aromatic carbocycles. The van der Waals surface area contributed by atoms with E-state index in [0.717, 1.165) is 40.8 Å². The van der Waals surface area contributed by atoms with Crippen LogP contribution in [0, 0.1) is 0 Å². The van der Waals surface area contributed by atoms with Crippen molar-refractivity contribution in [1.82, 2.24) is 19.7 Å². The van der Waals surface area contributed by atoms with Crippen LogP contribution >= 0.6 is 0 Å². The number of nitrogens with zero attached hydrogens (tertiary/aromatic N) is 3. The molecular formula is C19H20N4O2. The Morgan fingerprint density at radius 1 is 1.32 bits per heavy atom. The summed E-state index contributed by atoms with van der Waals surface area (Å²) < 4.78 is 7.02. The molecule has 1 amide bonds. The highest BCUT2D eigenvalue weighted by atomic mass is 16.5. The molecule has 0 bridgehead atoms. The maximum absolute atomic E-state index is 12.9. The van der Waals surface area contributed by atoms with E-state index in [1.807, 2.05) is 48.6 Å². The maximum Gasteiger partial charge on any atom is 0.270 e. The van der Waals surface area contributed by atoms with Crippen molar-refractivity contribution in [3.63, 3.8) is 0 Å². The molecule has 0 radical (unpaired) electrons. The molecule has 6 heteroatoms. The fourth-order valence-corrected chi connectivity index (χ4v) is 3.23. The average Bonchev–Trinajstić information content (AvgIpc) is 3.26. The molecule has 1 N–H and O–H groups in total. The molecule has 6 nitrogen and oxygen atoms in total. The molecule has 2 aromatic heterocycles. The number of aryl methyl sites for hydroxylation is 1. The predicted molar refractivity (Wildman–Crippen MR) is 96.6 cm³/mol. The van der Waals surface area contributed by atoms with Crippen molar-refractivity contribution in [3.05, 3.63) is 54.0 Å². The molecule has 4 rings (SSSR count). The van der Waals surface area contributed by atoms with Crippen LogP contribution in [0.2, 0.25) is 0 Å². The highest BCUT2D eigenvalue weighted by molar-refractivity contribution is 5.99. The molecule has 25 heavy (non-hydrogen) atoms. The highest BCUT2D eigenvalue weighted by Crippen LogP contribution is 2.24. The van der Waals surface area contributed by atoms with Crippen LogP contribution in [-0.4, -0.2) is 45.8 Å². The summed E-state index contributed by atoms with van der Waals surface area (Å²) in [6.45, 7) is 1.32. The fraction of sp³-hybridized carbons (Fsp3) is 0.263. The quantitative estimate of drug-likeness (QED) is 0.800. The number of fused-ring (bicyclic) bond motifs is 1. The summed E-state index contributed by atoms with van der Waals surface area (Å²) in [4.78, 5) is 18.0. The molecule has 3 aromatic rings. The molecule has 0 spiro atoms. The zero-order chi connectivity index (χ0) is 17.4. The van der Waals surface area contributed by atoms with E-state index >= 15 is 0 Å². The summed E-state index contributed by atoms with van der Waals surface area (Å²) >= 11 is 0. The Labute approximate surface area is 145 Å². The second kappa shape index (κ2) is 6.12. The van der Waals surface area contributed by atoms with Crippen molar-refractivity contribution in [1.29, 1.82) is 0 Å². The van der Waals surface area contributed by atoms with Crippen molar-refractivity contribution in [3.8, 4) is 5.75 Å². The van der Waals surface area contributed by atoms with Crippen LogP contribution in [0.5, 0.6) is 5.75 Å². The molecule has 128 valence electrons. The Hall–Kier alpha value is -3.02. The van der Waals surface area contributed by atoms with Crippen molar-refractivity contribution in [2.24, 2.45) is 7.05 Å². The fourth-order valence-electron chi connectivity index (χ4n) is 3.23.